The van der Waals surface area contributed by atoms with Crippen molar-refractivity contribution in [3.8, 4) is 11.3 Å². The summed E-state index contributed by atoms with van der Waals surface area (Å²) in [6, 6.07) is 9.88. The second-order valence-corrected chi connectivity index (χ2v) is 4.42. The molecule has 1 N–H and O–H groups in total. The number of aliphatic hydroxyl groups excluding tert-OH is 1. The molecule has 0 aliphatic heterocycles. The van der Waals surface area contributed by atoms with Crippen LogP contribution in [-0.2, 0) is 6.61 Å². The van der Waals surface area contributed by atoms with Gasteiger partial charge in [-0.1, -0.05) is 42.1 Å². The SMILES string of the molecule is CSc1nc(C)c(CO)c(-c2ccccc2)n1. The molecule has 0 saturated heterocycles. The van der Waals surface area contributed by atoms with E-state index in [-0.39, 0.29) is 6.61 Å². The van der Waals surface area contributed by atoms with E-state index in [0.29, 0.717) is 0 Å². The van der Waals surface area contributed by atoms with Crippen LogP contribution in [0.3, 0.4) is 0 Å². The van der Waals surface area contributed by atoms with E-state index >= 15 is 0 Å². The van der Waals surface area contributed by atoms with Crippen molar-refractivity contribution in [2.24, 2.45) is 0 Å². The number of benzene rings is 1. The Kier molecular flexibility index (Phi) is 3.76. The monoisotopic (exact) mass is 246 g/mol. The zero-order valence-electron chi connectivity index (χ0n) is 9.84. The summed E-state index contributed by atoms with van der Waals surface area (Å²) < 4.78 is 0. The van der Waals surface area contributed by atoms with Gasteiger partial charge in [0.2, 0.25) is 0 Å². The first kappa shape index (κ1) is 12.1. The molecular weight excluding hydrogens is 232 g/mol. The lowest BCUT2D eigenvalue weighted by atomic mass is 10.1. The molecule has 0 atom stereocenters. The Morgan fingerprint density at radius 3 is 2.47 bits per heavy atom. The molecule has 1 aromatic heterocycles. The first-order chi connectivity index (χ1) is 8.26. The molecule has 0 aliphatic rings. The molecule has 17 heavy (non-hydrogen) atoms. The van der Waals surface area contributed by atoms with Crippen LogP contribution >= 0.6 is 11.8 Å². The van der Waals surface area contributed by atoms with Crippen LogP contribution in [0.15, 0.2) is 35.5 Å². The summed E-state index contributed by atoms with van der Waals surface area (Å²) in [5, 5.41) is 10.2. The Labute approximate surface area is 105 Å². The quantitative estimate of drug-likeness (QED) is 0.668. The molecule has 2 aromatic rings. The van der Waals surface area contributed by atoms with Crippen molar-refractivity contribution < 1.29 is 5.11 Å². The highest BCUT2D eigenvalue weighted by molar-refractivity contribution is 7.98. The molecule has 4 heteroatoms. The Balaban J connectivity index is 2.62. The molecule has 0 aliphatic carbocycles. The molecule has 2 rings (SSSR count). The lowest BCUT2D eigenvalue weighted by Crippen LogP contribution is -2.02. The van der Waals surface area contributed by atoms with Gasteiger partial charge in [0.05, 0.1) is 12.3 Å². The van der Waals surface area contributed by atoms with Gasteiger partial charge >= 0.3 is 0 Å². The molecule has 3 nitrogen and oxygen atoms in total. The number of hydrogen-bond acceptors (Lipinski definition) is 4. The van der Waals surface area contributed by atoms with E-state index in [2.05, 4.69) is 9.97 Å². The van der Waals surface area contributed by atoms with Crippen LogP contribution in [0.5, 0.6) is 0 Å². The molecular formula is C13H14N2OS. The standard InChI is InChI=1S/C13H14N2OS/c1-9-11(8-16)12(15-13(14-9)17-2)10-6-4-3-5-7-10/h3-7,16H,8H2,1-2H3. The predicted molar refractivity (Wildman–Crippen MR) is 69.9 cm³/mol. The minimum atomic E-state index is -0.0370. The first-order valence-corrected chi connectivity index (χ1v) is 6.56. The molecule has 0 fully saturated rings. The minimum Gasteiger partial charge on any atom is -0.392 e. The fourth-order valence-corrected chi connectivity index (χ4v) is 2.10. The van der Waals surface area contributed by atoms with E-state index < -0.39 is 0 Å². The molecule has 0 amide bonds. The summed E-state index contributed by atoms with van der Waals surface area (Å²) in [7, 11) is 0. The van der Waals surface area contributed by atoms with Crippen LogP contribution in [-0.4, -0.2) is 21.3 Å². The van der Waals surface area contributed by atoms with Crippen LogP contribution < -0.4 is 0 Å². The number of hydrogen-bond donors (Lipinski definition) is 1. The summed E-state index contributed by atoms with van der Waals surface area (Å²) in [4.78, 5) is 8.83. The van der Waals surface area contributed by atoms with Gasteiger partial charge in [-0.2, -0.15) is 0 Å². The van der Waals surface area contributed by atoms with Crippen molar-refractivity contribution in [3.05, 3.63) is 41.6 Å². The molecule has 0 bridgehead atoms. The van der Waals surface area contributed by atoms with Crippen molar-refractivity contribution >= 4 is 11.8 Å². The Bertz CT molecular complexity index is 514. The van der Waals surface area contributed by atoms with Gasteiger partial charge in [0, 0.05) is 16.8 Å². The fourth-order valence-electron chi connectivity index (χ4n) is 1.69. The average Bonchev–Trinajstić information content (AvgIpc) is 2.38. The van der Waals surface area contributed by atoms with Gasteiger partial charge in [0.1, 0.15) is 0 Å². The van der Waals surface area contributed by atoms with Gasteiger partial charge in [0.15, 0.2) is 5.16 Å². The summed E-state index contributed by atoms with van der Waals surface area (Å²) in [6.07, 6.45) is 1.95. The number of aromatic nitrogens is 2. The number of thioether (sulfide) groups is 1. The Hall–Kier alpha value is -1.39. The average molecular weight is 246 g/mol. The van der Waals surface area contributed by atoms with Gasteiger partial charge in [-0.05, 0) is 13.2 Å². The smallest absolute Gasteiger partial charge is 0.188 e. The summed E-state index contributed by atoms with van der Waals surface area (Å²) in [5.41, 5.74) is 3.47. The highest BCUT2D eigenvalue weighted by Crippen LogP contribution is 2.25. The van der Waals surface area contributed by atoms with E-state index in [1.54, 1.807) is 0 Å². The molecule has 0 radical (unpaired) electrons. The van der Waals surface area contributed by atoms with Gasteiger partial charge < -0.3 is 5.11 Å². The van der Waals surface area contributed by atoms with Crippen molar-refractivity contribution in [3.63, 3.8) is 0 Å². The summed E-state index contributed by atoms with van der Waals surface area (Å²) in [6.45, 7) is 1.87. The van der Waals surface area contributed by atoms with Crippen LogP contribution in [0.25, 0.3) is 11.3 Å². The van der Waals surface area contributed by atoms with Gasteiger partial charge in [-0.15, -0.1) is 0 Å². The van der Waals surface area contributed by atoms with Crippen molar-refractivity contribution in [2.75, 3.05) is 6.26 Å². The first-order valence-electron chi connectivity index (χ1n) is 5.34. The van der Waals surface area contributed by atoms with Crippen molar-refractivity contribution in [1.82, 2.24) is 9.97 Å². The summed E-state index contributed by atoms with van der Waals surface area (Å²) in [5.74, 6) is 0. The van der Waals surface area contributed by atoms with Crippen LogP contribution in [0.4, 0.5) is 0 Å². The highest BCUT2D eigenvalue weighted by Gasteiger charge is 2.11. The van der Waals surface area contributed by atoms with E-state index in [4.69, 9.17) is 0 Å². The zero-order chi connectivity index (χ0) is 12.3. The Morgan fingerprint density at radius 2 is 1.88 bits per heavy atom. The maximum Gasteiger partial charge on any atom is 0.188 e. The predicted octanol–water partition coefficient (Wildman–Crippen LogP) is 2.67. The van der Waals surface area contributed by atoms with E-state index in [9.17, 15) is 5.11 Å². The fraction of sp³-hybridized carbons (Fsp3) is 0.231. The van der Waals surface area contributed by atoms with Gasteiger partial charge in [-0.3, -0.25) is 0 Å². The maximum atomic E-state index is 9.44. The molecule has 0 saturated carbocycles. The third-order valence-electron chi connectivity index (χ3n) is 2.58. The minimum absolute atomic E-state index is 0.0370. The topological polar surface area (TPSA) is 46.0 Å². The second-order valence-electron chi connectivity index (χ2n) is 3.65. The number of rotatable bonds is 3. The zero-order valence-corrected chi connectivity index (χ0v) is 10.7. The lowest BCUT2D eigenvalue weighted by molar-refractivity contribution is 0.280. The normalized spacial score (nSPS) is 10.5. The van der Waals surface area contributed by atoms with Crippen LogP contribution in [0.1, 0.15) is 11.3 Å². The lowest BCUT2D eigenvalue weighted by Gasteiger charge is -2.10. The van der Waals surface area contributed by atoms with E-state index in [1.165, 1.54) is 11.8 Å². The molecule has 0 spiro atoms. The molecule has 0 unspecified atom stereocenters. The van der Waals surface area contributed by atoms with E-state index in [0.717, 1.165) is 27.7 Å². The third kappa shape index (κ3) is 2.48. The van der Waals surface area contributed by atoms with E-state index in [1.807, 2.05) is 43.5 Å². The van der Waals surface area contributed by atoms with Crippen LogP contribution in [0.2, 0.25) is 0 Å². The molecule has 1 aromatic carbocycles. The van der Waals surface area contributed by atoms with Gasteiger partial charge in [-0.25, -0.2) is 9.97 Å². The molecule has 1 heterocycles. The van der Waals surface area contributed by atoms with Crippen molar-refractivity contribution in [2.45, 2.75) is 18.7 Å². The highest BCUT2D eigenvalue weighted by atomic mass is 32.2. The number of aryl methyl sites for hydroxylation is 1. The second kappa shape index (κ2) is 5.29. The van der Waals surface area contributed by atoms with Gasteiger partial charge in [0.25, 0.3) is 0 Å². The maximum absolute atomic E-state index is 9.44. The summed E-state index contributed by atoms with van der Waals surface area (Å²) >= 11 is 1.51. The number of nitrogens with zero attached hydrogens (tertiary/aromatic N) is 2. The molecule has 88 valence electrons. The Morgan fingerprint density at radius 1 is 1.18 bits per heavy atom. The third-order valence-corrected chi connectivity index (χ3v) is 3.13. The van der Waals surface area contributed by atoms with Crippen LogP contribution in [0, 0.1) is 6.92 Å². The number of aliphatic hydroxyl groups is 1. The largest absolute Gasteiger partial charge is 0.392 e. The van der Waals surface area contributed by atoms with Crippen molar-refractivity contribution in [1.29, 1.82) is 0 Å².